The predicted octanol–water partition coefficient (Wildman–Crippen LogP) is 3.92. The topological polar surface area (TPSA) is 112 Å². The van der Waals surface area contributed by atoms with E-state index in [0.717, 1.165) is 5.56 Å². The van der Waals surface area contributed by atoms with E-state index in [1.807, 2.05) is 6.07 Å². The van der Waals surface area contributed by atoms with Crippen LogP contribution in [-0.4, -0.2) is 25.9 Å². The number of hydrogen-bond acceptors (Lipinski definition) is 6. The van der Waals surface area contributed by atoms with Crippen LogP contribution in [0.1, 0.15) is 21.9 Å². The molecule has 0 aliphatic carbocycles. The van der Waals surface area contributed by atoms with Gasteiger partial charge < -0.3 is 15.5 Å². The number of amides is 1. The third-order valence-electron chi connectivity index (χ3n) is 4.37. The highest BCUT2D eigenvalue weighted by Gasteiger charge is 2.20. The Bertz CT molecular complexity index is 1240. The predicted molar refractivity (Wildman–Crippen MR) is 110 cm³/mol. The zero-order chi connectivity index (χ0) is 21.3. The van der Waals surface area contributed by atoms with E-state index in [1.54, 1.807) is 31.2 Å². The first kappa shape index (κ1) is 19.6. The normalized spacial score (nSPS) is 10.9. The van der Waals surface area contributed by atoms with Gasteiger partial charge in [-0.3, -0.25) is 4.79 Å². The van der Waals surface area contributed by atoms with Crippen molar-refractivity contribution >= 4 is 29.0 Å². The molecule has 4 aromatic rings. The molecular formula is C20H16ClFN6O2. The van der Waals surface area contributed by atoms with E-state index < -0.39 is 11.7 Å². The highest BCUT2D eigenvalue weighted by molar-refractivity contribution is 6.30. The molecule has 0 bridgehead atoms. The maximum absolute atomic E-state index is 13.8. The number of para-hydroxylation sites is 1. The Morgan fingerprint density at radius 2 is 2.07 bits per heavy atom. The molecule has 0 saturated carbocycles. The molecule has 0 aliphatic rings. The molecule has 0 radical (unpaired) electrons. The second-order valence-electron chi connectivity index (χ2n) is 6.45. The van der Waals surface area contributed by atoms with Crippen LogP contribution in [0, 0.1) is 12.7 Å². The number of nitrogen functional groups attached to an aromatic ring is 1. The van der Waals surface area contributed by atoms with Gasteiger partial charge in [-0.05, 0) is 37.3 Å². The molecular weight excluding hydrogens is 411 g/mol. The molecule has 2 aromatic heterocycles. The molecule has 0 saturated heterocycles. The number of halogens is 2. The Morgan fingerprint density at radius 1 is 1.27 bits per heavy atom. The highest BCUT2D eigenvalue weighted by Crippen LogP contribution is 2.25. The second kappa shape index (κ2) is 7.96. The second-order valence-corrected chi connectivity index (χ2v) is 6.88. The van der Waals surface area contributed by atoms with E-state index in [1.165, 1.54) is 22.9 Å². The molecule has 30 heavy (non-hydrogen) atoms. The summed E-state index contributed by atoms with van der Waals surface area (Å²) in [5.74, 6) is -0.238. The minimum Gasteiger partial charge on any atom is -0.441 e. The van der Waals surface area contributed by atoms with E-state index in [9.17, 15) is 9.18 Å². The molecule has 4 rings (SSSR count). The Labute approximate surface area is 175 Å². The van der Waals surface area contributed by atoms with E-state index in [-0.39, 0.29) is 23.7 Å². The van der Waals surface area contributed by atoms with Crippen LogP contribution in [0.3, 0.4) is 0 Å². The van der Waals surface area contributed by atoms with Gasteiger partial charge in [-0.2, -0.15) is 0 Å². The molecule has 0 aliphatic heterocycles. The first-order chi connectivity index (χ1) is 14.4. The number of carbonyl (C=O) groups is 1. The Hall–Kier alpha value is -3.72. The summed E-state index contributed by atoms with van der Waals surface area (Å²) in [6.07, 6.45) is 0. The van der Waals surface area contributed by atoms with Crippen molar-refractivity contribution in [2.24, 2.45) is 0 Å². The third-order valence-corrected chi connectivity index (χ3v) is 4.61. The lowest BCUT2D eigenvalue weighted by Gasteiger charge is -2.05. The summed E-state index contributed by atoms with van der Waals surface area (Å²) in [7, 11) is 0. The van der Waals surface area contributed by atoms with Crippen LogP contribution in [0.25, 0.3) is 11.5 Å². The number of nitrogens with zero attached hydrogens (tertiary/aromatic N) is 4. The first-order valence-corrected chi connectivity index (χ1v) is 9.27. The molecule has 0 fully saturated rings. The number of rotatable bonds is 5. The molecule has 2 heterocycles. The third kappa shape index (κ3) is 3.87. The zero-order valence-electron chi connectivity index (χ0n) is 15.8. The van der Waals surface area contributed by atoms with Crippen molar-refractivity contribution in [3.05, 3.63) is 76.5 Å². The monoisotopic (exact) mass is 426 g/mol. The SMILES string of the molecule is Cc1oc(-c2cccc(Cl)c2)nc1Cn1nnc(C(=O)Nc2ccccc2F)c1N. The summed E-state index contributed by atoms with van der Waals surface area (Å²) in [6.45, 7) is 1.90. The van der Waals surface area contributed by atoms with Gasteiger partial charge in [0.05, 0.1) is 12.2 Å². The molecule has 10 heteroatoms. The number of carbonyl (C=O) groups excluding carboxylic acids is 1. The summed E-state index contributed by atoms with van der Waals surface area (Å²) < 4.78 is 20.8. The van der Waals surface area contributed by atoms with Gasteiger partial charge in [0.1, 0.15) is 17.3 Å². The summed E-state index contributed by atoms with van der Waals surface area (Å²) in [5, 5.41) is 10.7. The standard InChI is InChI=1S/C20H16ClFN6O2/c1-11-16(25-20(30-11)12-5-4-6-13(21)9-12)10-28-18(23)17(26-27-28)19(29)24-15-8-3-2-7-14(15)22/h2-9H,10,23H2,1H3,(H,24,29). The van der Waals surface area contributed by atoms with Crippen molar-refractivity contribution in [2.45, 2.75) is 13.5 Å². The Balaban J connectivity index is 1.55. The number of nitrogens with one attached hydrogen (secondary N) is 1. The molecule has 0 spiro atoms. The van der Waals surface area contributed by atoms with Crippen LogP contribution in [0.4, 0.5) is 15.9 Å². The van der Waals surface area contributed by atoms with Gasteiger partial charge in [0.15, 0.2) is 11.5 Å². The smallest absolute Gasteiger partial charge is 0.280 e. The van der Waals surface area contributed by atoms with Crippen LogP contribution in [0.15, 0.2) is 52.9 Å². The van der Waals surface area contributed by atoms with Gasteiger partial charge in [-0.25, -0.2) is 14.1 Å². The van der Waals surface area contributed by atoms with E-state index in [2.05, 4.69) is 20.6 Å². The number of benzene rings is 2. The maximum atomic E-state index is 13.8. The quantitative estimate of drug-likeness (QED) is 0.500. The average molecular weight is 427 g/mol. The number of aryl methyl sites for hydroxylation is 1. The first-order valence-electron chi connectivity index (χ1n) is 8.89. The lowest BCUT2D eigenvalue weighted by molar-refractivity contribution is 0.102. The summed E-state index contributed by atoms with van der Waals surface area (Å²) in [5.41, 5.74) is 7.25. The largest absolute Gasteiger partial charge is 0.441 e. The number of nitrogens with two attached hydrogens (primary N) is 1. The van der Waals surface area contributed by atoms with Crippen LogP contribution >= 0.6 is 11.6 Å². The highest BCUT2D eigenvalue weighted by atomic mass is 35.5. The number of anilines is 2. The molecule has 152 valence electrons. The van der Waals surface area contributed by atoms with Crippen molar-refractivity contribution in [3.8, 4) is 11.5 Å². The molecule has 8 nitrogen and oxygen atoms in total. The molecule has 3 N–H and O–H groups in total. The fourth-order valence-corrected chi connectivity index (χ4v) is 2.99. The van der Waals surface area contributed by atoms with Crippen molar-refractivity contribution in [3.63, 3.8) is 0 Å². The van der Waals surface area contributed by atoms with Crippen molar-refractivity contribution in [1.29, 1.82) is 0 Å². The molecule has 0 atom stereocenters. The van der Waals surface area contributed by atoms with Gasteiger partial charge in [-0.15, -0.1) is 5.10 Å². The van der Waals surface area contributed by atoms with E-state index >= 15 is 0 Å². The number of aromatic nitrogens is 4. The van der Waals surface area contributed by atoms with Gasteiger partial charge >= 0.3 is 0 Å². The minimum atomic E-state index is -0.666. The molecule has 1 amide bonds. The zero-order valence-corrected chi connectivity index (χ0v) is 16.5. The van der Waals surface area contributed by atoms with Gasteiger partial charge in [0.25, 0.3) is 5.91 Å². The lowest BCUT2D eigenvalue weighted by atomic mass is 10.2. The Morgan fingerprint density at radius 3 is 2.83 bits per heavy atom. The van der Waals surface area contributed by atoms with E-state index in [4.69, 9.17) is 21.8 Å². The van der Waals surface area contributed by atoms with Crippen LogP contribution < -0.4 is 11.1 Å². The summed E-state index contributed by atoms with van der Waals surface area (Å²) in [4.78, 5) is 16.9. The maximum Gasteiger partial charge on any atom is 0.280 e. The van der Waals surface area contributed by atoms with Crippen molar-refractivity contribution in [1.82, 2.24) is 20.0 Å². The van der Waals surface area contributed by atoms with Gasteiger partial charge in [0.2, 0.25) is 5.89 Å². The number of oxazole rings is 1. The molecule has 2 aromatic carbocycles. The fourth-order valence-electron chi connectivity index (χ4n) is 2.80. The Kier molecular flexibility index (Phi) is 5.20. The van der Waals surface area contributed by atoms with Crippen LogP contribution in [-0.2, 0) is 6.54 Å². The minimum absolute atomic E-state index is 0.0231. The average Bonchev–Trinajstić information content (AvgIpc) is 3.27. The summed E-state index contributed by atoms with van der Waals surface area (Å²) >= 11 is 6.02. The van der Waals surface area contributed by atoms with Crippen molar-refractivity contribution < 1.29 is 13.6 Å². The molecule has 0 unspecified atom stereocenters. The lowest BCUT2D eigenvalue weighted by Crippen LogP contribution is -2.16. The van der Waals surface area contributed by atoms with Crippen LogP contribution in [0.2, 0.25) is 5.02 Å². The van der Waals surface area contributed by atoms with E-state index in [0.29, 0.717) is 22.4 Å². The van der Waals surface area contributed by atoms with Crippen molar-refractivity contribution in [2.75, 3.05) is 11.1 Å². The fraction of sp³-hybridized carbons (Fsp3) is 0.100. The van der Waals surface area contributed by atoms with Crippen LogP contribution in [0.5, 0.6) is 0 Å². The summed E-state index contributed by atoms with van der Waals surface area (Å²) in [6, 6.07) is 12.9. The number of hydrogen-bond donors (Lipinski definition) is 2. The van der Waals surface area contributed by atoms with Gasteiger partial charge in [-0.1, -0.05) is 35.0 Å². The van der Waals surface area contributed by atoms with Gasteiger partial charge in [0, 0.05) is 10.6 Å².